The van der Waals surface area contributed by atoms with Gasteiger partial charge in [0.25, 0.3) is 5.91 Å². The summed E-state index contributed by atoms with van der Waals surface area (Å²) in [5, 5.41) is 2.84. The van der Waals surface area contributed by atoms with Crippen molar-refractivity contribution in [3.63, 3.8) is 0 Å². The molecule has 1 N–H and O–H groups in total. The van der Waals surface area contributed by atoms with Gasteiger partial charge < -0.3 is 10.2 Å². The molecule has 2 rings (SSSR count). The predicted octanol–water partition coefficient (Wildman–Crippen LogP) is 2.18. The first-order valence-corrected chi connectivity index (χ1v) is 5.97. The van der Waals surface area contributed by atoms with Crippen molar-refractivity contribution in [3.8, 4) is 0 Å². The average molecular weight is 244 g/mol. The largest absolute Gasteiger partial charge is 0.324 e. The SMILES string of the molecule is C/C=C/C(=O)N1C[C@@H](C)C(=O)Nc2ccccc21. The molecule has 1 heterocycles. The van der Waals surface area contributed by atoms with Gasteiger partial charge in [-0.3, -0.25) is 9.59 Å². The monoisotopic (exact) mass is 244 g/mol. The van der Waals surface area contributed by atoms with E-state index in [1.54, 1.807) is 24.0 Å². The molecule has 0 saturated carbocycles. The summed E-state index contributed by atoms with van der Waals surface area (Å²) >= 11 is 0. The lowest BCUT2D eigenvalue weighted by molar-refractivity contribution is -0.119. The molecule has 1 aromatic rings. The first-order chi connectivity index (χ1) is 8.63. The van der Waals surface area contributed by atoms with Crippen molar-refractivity contribution in [1.29, 1.82) is 0 Å². The number of benzene rings is 1. The van der Waals surface area contributed by atoms with E-state index in [0.29, 0.717) is 12.2 Å². The van der Waals surface area contributed by atoms with Gasteiger partial charge in [-0.25, -0.2) is 0 Å². The van der Waals surface area contributed by atoms with Gasteiger partial charge in [0, 0.05) is 6.54 Å². The smallest absolute Gasteiger partial charge is 0.250 e. The third-order valence-electron chi connectivity index (χ3n) is 2.93. The highest BCUT2D eigenvalue weighted by atomic mass is 16.2. The summed E-state index contributed by atoms with van der Waals surface area (Å²) < 4.78 is 0. The highest BCUT2D eigenvalue weighted by Gasteiger charge is 2.27. The van der Waals surface area contributed by atoms with Crippen molar-refractivity contribution >= 4 is 23.2 Å². The maximum atomic E-state index is 12.1. The third kappa shape index (κ3) is 2.27. The number of amides is 2. The van der Waals surface area contributed by atoms with Crippen molar-refractivity contribution in [2.24, 2.45) is 5.92 Å². The van der Waals surface area contributed by atoms with Crippen LogP contribution < -0.4 is 10.2 Å². The number of anilines is 2. The molecular formula is C14H16N2O2. The van der Waals surface area contributed by atoms with Crippen LogP contribution in [0.4, 0.5) is 11.4 Å². The van der Waals surface area contributed by atoms with E-state index in [9.17, 15) is 9.59 Å². The molecule has 0 saturated heterocycles. The van der Waals surface area contributed by atoms with E-state index in [0.717, 1.165) is 5.69 Å². The number of fused-ring (bicyclic) bond motifs is 1. The minimum Gasteiger partial charge on any atom is -0.324 e. The molecule has 0 radical (unpaired) electrons. The molecule has 18 heavy (non-hydrogen) atoms. The second-order valence-corrected chi connectivity index (χ2v) is 4.36. The zero-order valence-electron chi connectivity index (χ0n) is 10.5. The third-order valence-corrected chi connectivity index (χ3v) is 2.93. The molecule has 0 aromatic heterocycles. The van der Waals surface area contributed by atoms with Gasteiger partial charge in [0.15, 0.2) is 0 Å². The fourth-order valence-electron chi connectivity index (χ4n) is 1.97. The molecule has 1 aliphatic heterocycles. The second-order valence-electron chi connectivity index (χ2n) is 4.36. The van der Waals surface area contributed by atoms with Crippen LogP contribution in [0.5, 0.6) is 0 Å². The Bertz CT molecular complexity index is 508. The molecule has 0 unspecified atom stereocenters. The molecule has 0 bridgehead atoms. The number of hydrogen-bond acceptors (Lipinski definition) is 2. The van der Waals surface area contributed by atoms with Gasteiger partial charge in [-0.15, -0.1) is 0 Å². The Morgan fingerprint density at radius 3 is 2.89 bits per heavy atom. The van der Waals surface area contributed by atoms with Crippen LogP contribution >= 0.6 is 0 Å². The molecule has 4 heteroatoms. The maximum Gasteiger partial charge on any atom is 0.250 e. The van der Waals surface area contributed by atoms with Crippen molar-refractivity contribution in [3.05, 3.63) is 36.4 Å². The summed E-state index contributed by atoms with van der Waals surface area (Å²) in [7, 11) is 0. The van der Waals surface area contributed by atoms with Crippen LogP contribution in [-0.2, 0) is 9.59 Å². The summed E-state index contributed by atoms with van der Waals surface area (Å²) in [4.78, 5) is 25.5. The fourth-order valence-corrected chi connectivity index (χ4v) is 1.97. The number of rotatable bonds is 1. The van der Waals surface area contributed by atoms with Crippen molar-refractivity contribution in [2.75, 3.05) is 16.8 Å². The van der Waals surface area contributed by atoms with E-state index in [1.165, 1.54) is 6.08 Å². The van der Waals surface area contributed by atoms with E-state index >= 15 is 0 Å². The van der Waals surface area contributed by atoms with E-state index in [1.807, 2.05) is 25.1 Å². The molecule has 1 aromatic carbocycles. The van der Waals surface area contributed by atoms with Gasteiger partial charge in [-0.2, -0.15) is 0 Å². The number of hydrogen-bond donors (Lipinski definition) is 1. The van der Waals surface area contributed by atoms with Gasteiger partial charge >= 0.3 is 0 Å². The van der Waals surface area contributed by atoms with Gasteiger partial charge in [0.05, 0.1) is 17.3 Å². The fraction of sp³-hybridized carbons (Fsp3) is 0.286. The predicted molar refractivity (Wildman–Crippen MR) is 71.4 cm³/mol. The zero-order chi connectivity index (χ0) is 13.1. The lowest BCUT2D eigenvalue weighted by Crippen LogP contribution is -2.34. The first kappa shape index (κ1) is 12.4. The van der Waals surface area contributed by atoms with Crippen LogP contribution in [-0.4, -0.2) is 18.4 Å². The molecule has 0 aliphatic carbocycles. The number of nitrogens with zero attached hydrogens (tertiary/aromatic N) is 1. The molecule has 1 atom stereocenters. The summed E-state index contributed by atoms with van der Waals surface area (Å²) in [5.74, 6) is -0.391. The normalized spacial score (nSPS) is 19.3. The van der Waals surface area contributed by atoms with E-state index in [-0.39, 0.29) is 17.7 Å². The van der Waals surface area contributed by atoms with E-state index in [2.05, 4.69) is 5.32 Å². The lowest BCUT2D eigenvalue weighted by Gasteiger charge is -2.21. The van der Waals surface area contributed by atoms with Crippen LogP contribution in [0.15, 0.2) is 36.4 Å². The molecule has 1 aliphatic rings. The van der Waals surface area contributed by atoms with Crippen LogP contribution in [0, 0.1) is 5.92 Å². The molecule has 4 nitrogen and oxygen atoms in total. The second kappa shape index (κ2) is 5.04. The lowest BCUT2D eigenvalue weighted by atomic mass is 10.1. The van der Waals surface area contributed by atoms with Crippen LogP contribution in [0.2, 0.25) is 0 Å². The minimum atomic E-state index is -0.230. The number of carbonyl (C=O) groups is 2. The summed E-state index contributed by atoms with van der Waals surface area (Å²) in [5.41, 5.74) is 1.43. The van der Waals surface area contributed by atoms with Crippen LogP contribution in [0.25, 0.3) is 0 Å². The Labute approximate surface area is 106 Å². The van der Waals surface area contributed by atoms with Crippen LogP contribution in [0.1, 0.15) is 13.8 Å². The number of carbonyl (C=O) groups excluding carboxylic acids is 2. The first-order valence-electron chi connectivity index (χ1n) is 5.97. The Kier molecular flexibility index (Phi) is 3.46. The van der Waals surface area contributed by atoms with Crippen molar-refractivity contribution < 1.29 is 9.59 Å². The molecule has 0 spiro atoms. The van der Waals surface area contributed by atoms with Gasteiger partial charge in [0.2, 0.25) is 5.91 Å². The summed E-state index contributed by atoms with van der Waals surface area (Å²) in [6.07, 6.45) is 3.22. The molecule has 2 amide bonds. The maximum absolute atomic E-state index is 12.1. The van der Waals surface area contributed by atoms with Crippen molar-refractivity contribution in [2.45, 2.75) is 13.8 Å². The molecular weight excluding hydrogens is 228 g/mol. The number of para-hydroxylation sites is 2. The van der Waals surface area contributed by atoms with Crippen LogP contribution in [0.3, 0.4) is 0 Å². The van der Waals surface area contributed by atoms with E-state index < -0.39 is 0 Å². The van der Waals surface area contributed by atoms with Gasteiger partial charge in [0.1, 0.15) is 0 Å². The minimum absolute atomic E-state index is 0.0572. The van der Waals surface area contributed by atoms with Gasteiger partial charge in [-0.1, -0.05) is 25.1 Å². The standard InChI is InChI=1S/C14H16N2O2/c1-3-6-13(17)16-9-10(2)14(18)15-11-7-4-5-8-12(11)16/h3-8,10H,9H2,1-2H3,(H,15,18)/b6-3+/t10-/m1/s1. The Hall–Kier alpha value is -2.10. The summed E-state index contributed by atoms with van der Waals surface area (Å²) in [6.45, 7) is 4.01. The topological polar surface area (TPSA) is 49.4 Å². The highest BCUT2D eigenvalue weighted by molar-refractivity contribution is 6.08. The van der Waals surface area contributed by atoms with Crippen molar-refractivity contribution in [1.82, 2.24) is 0 Å². The average Bonchev–Trinajstić information content (AvgIpc) is 2.48. The zero-order valence-corrected chi connectivity index (χ0v) is 10.5. The molecule has 0 fully saturated rings. The molecule has 94 valence electrons. The Morgan fingerprint density at radius 1 is 1.44 bits per heavy atom. The quantitative estimate of drug-likeness (QED) is 0.770. The Morgan fingerprint density at radius 2 is 2.17 bits per heavy atom. The summed E-state index contributed by atoms with van der Waals surface area (Å²) in [6, 6.07) is 7.35. The number of nitrogens with one attached hydrogen (secondary N) is 1. The highest BCUT2D eigenvalue weighted by Crippen LogP contribution is 2.29. The Balaban J connectivity index is 2.45. The number of allylic oxidation sites excluding steroid dienone is 1. The van der Waals surface area contributed by atoms with E-state index in [4.69, 9.17) is 0 Å². The van der Waals surface area contributed by atoms with Gasteiger partial charge in [-0.05, 0) is 25.1 Å².